The fourth-order valence-corrected chi connectivity index (χ4v) is 2.42. The highest BCUT2D eigenvalue weighted by atomic mass is 32.1. The van der Waals surface area contributed by atoms with E-state index in [9.17, 15) is 0 Å². The molecule has 0 radical (unpaired) electrons. The van der Waals surface area contributed by atoms with Crippen LogP contribution in [0.1, 0.15) is 21.8 Å². The maximum absolute atomic E-state index is 5.87. The van der Waals surface area contributed by atoms with Crippen LogP contribution in [0.3, 0.4) is 0 Å². The van der Waals surface area contributed by atoms with Crippen LogP contribution < -0.4 is 11.1 Å². The van der Waals surface area contributed by atoms with Gasteiger partial charge in [-0.25, -0.2) is 4.98 Å². The molecule has 0 aliphatic heterocycles. The first-order valence-electron chi connectivity index (χ1n) is 5.62. The molecule has 0 atom stereocenters. The fourth-order valence-electron chi connectivity index (χ4n) is 1.68. The van der Waals surface area contributed by atoms with Gasteiger partial charge in [0, 0.05) is 29.9 Å². The number of aromatic nitrogens is 1. The highest BCUT2D eigenvalue weighted by molar-refractivity contribution is 7.09. The first-order valence-corrected chi connectivity index (χ1v) is 6.50. The van der Waals surface area contributed by atoms with Gasteiger partial charge in [-0.3, -0.25) is 0 Å². The monoisotopic (exact) mass is 247 g/mol. The Balaban J connectivity index is 1.92. The topological polar surface area (TPSA) is 50.9 Å². The smallest absolute Gasteiger partial charge is 0.107 e. The van der Waals surface area contributed by atoms with Crippen molar-refractivity contribution in [3.05, 3.63) is 45.4 Å². The molecule has 0 saturated heterocycles. The van der Waals surface area contributed by atoms with Crippen molar-refractivity contribution >= 4 is 17.0 Å². The van der Waals surface area contributed by atoms with Gasteiger partial charge in [0.1, 0.15) is 5.01 Å². The van der Waals surface area contributed by atoms with Crippen molar-refractivity contribution in [1.29, 1.82) is 0 Å². The van der Waals surface area contributed by atoms with Crippen LogP contribution >= 0.6 is 11.3 Å². The second-order valence-corrected chi connectivity index (χ2v) is 5.06. The van der Waals surface area contributed by atoms with Crippen molar-refractivity contribution in [1.82, 2.24) is 10.3 Å². The number of nitrogen functional groups attached to an aromatic ring is 1. The summed E-state index contributed by atoms with van der Waals surface area (Å²) >= 11 is 1.69. The minimum absolute atomic E-state index is 0.812. The molecule has 0 fully saturated rings. The number of thiazole rings is 1. The summed E-state index contributed by atoms with van der Waals surface area (Å²) in [5.74, 6) is 0. The molecule has 0 unspecified atom stereocenters. The first-order chi connectivity index (χ1) is 8.16. The number of nitrogens with one attached hydrogen (secondary N) is 1. The third-order valence-corrected chi connectivity index (χ3v) is 3.71. The summed E-state index contributed by atoms with van der Waals surface area (Å²) in [7, 11) is 0. The average Bonchev–Trinajstić information content (AvgIpc) is 2.70. The summed E-state index contributed by atoms with van der Waals surface area (Å²) in [6, 6.07) is 6.03. The Morgan fingerprint density at radius 2 is 2.12 bits per heavy atom. The molecule has 0 saturated carbocycles. The molecule has 1 heterocycles. The Morgan fingerprint density at radius 3 is 2.82 bits per heavy atom. The summed E-state index contributed by atoms with van der Waals surface area (Å²) in [6.45, 7) is 5.71. The van der Waals surface area contributed by atoms with Crippen LogP contribution in [-0.4, -0.2) is 4.98 Å². The number of nitrogens with two attached hydrogens (primary N) is 1. The van der Waals surface area contributed by atoms with Crippen molar-refractivity contribution in [2.24, 2.45) is 0 Å². The van der Waals surface area contributed by atoms with Crippen molar-refractivity contribution in [2.45, 2.75) is 26.9 Å². The van der Waals surface area contributed by atoms with Crippen LogP contribution in [0, 0.1) is 13.8 Å². The Bertz CT molecular complexity index is 505. The van der Waals surface area contributed by atoms with Gasteiger partial charge in [-0.1, -0.05) is 12.1 Å². The Morgan fingerprint density at radius 1 is 1.29 bits per heavy atom. The molecule has 0 aliphatic rings. The number of aryl methyl sites for hydroxylation is 1. The molecule has 90 valence electrons. The summed E-state index contributed by atoms with van der Waals surface area (Å²) in [5.41, 5.74) is 10.2. The third-order valence-electron chi connectivity index (χ3n) is 2.75. The second kappa shape index (κ2) is 5.29. The first kappa shape index (κ1) is 12.1. The van der Waals surface area contributed by atoms with E-state index in [0.29, 0.717) is 0 Å². The molecule has 4 heteroatoms. The SMILES string of the molecule is Cc1csc(CNCc2cccc(N)c2C)n1. The zero-order valence-corrected chi connectivity index (χ0v) is 11.0. The normalized spacial score (nSPS) is 10.7. The van der Waals surface area contributed by atoms with Gasteiger partial charge in [-0.2, -0.15) is 0 Å². The minimum Gasteiger partial charge on any atom is -0.399 e. The second-order valence-electron chi connectivity index (χ2n) is 4.12. The van der Waals surface area contributed by atoms with Crippen LogP contribution in [0.15, 0.2) is 23.6 Å². The van der Waals surface area contributed by atoms with Gasteiger partial charge in [0.2, 0.25) is 0 Å². The molecule has 2 rings (SSSR count). The highest BCUT2D eigenvalue weighted by Gasteiger charge is 2.02. The molecular formula is C13H17N3S. The molecule has 1 aromatic carbocycles. The molecule has 0 aliphatic carbocycles. The number of hydrogen-bond acceptors (Lipinski definition) is 4. The fraction of sp³-hybridized carbons (Fsp3) is 0.308. The highest BCUT2D eigenvalue weighted by Crippen LogP contribution is 2.15. The number of nitrogens with zero attached hydrogens (tertiary/aromatic N) is 1. The predicted molar refractivity (Wildman–Crippen MR) is 73.0 cm³/mol. The lowest BCUT2D eigenvalue weighted by Gasteiger charge is -2.08. The van der Waals surface area contributed by atoms with Gasteiger partial charge in [0.05, 0.1) is 0 Å². The zero-order valence-electron chi connectivity index (χ0n) is 10.2. The maximum Gasteiger partial charge on any atom is 0.107 e. The van der Waals surface area contributed by atoms with Gasteiger partial charge in [0.15, 0.2) is 0 Å². The molecule has 3 nitrogen and oxygen atoms in total. The number of hydrogen-bond donors (Lipinski definition) is 2. The van der Waals surface area contributed by atoms with Gasteiger partial charge in [-0.05, 0) is 31.0 Å². The largest absolute Gasteiger partial charge is 0.399 e. The van der Waals surface area contributed by atoms with Crippen LogP contribution in [0.5, 0.6) is 0 Å². The van der Waals surface area contributed by atoms with E-state index < -0.39 is 0 Å². The lowest BCUT2D eigenvalue weighted by molar-refractivity contribution is 0.686. The molecule has 1 aromatic heterocycles. The Kier molecular flexibility index (Phi) is 3.76. The van der Waals surface area contributed by atoms with Crippen molar-refractivity contribution in [2.75, 3.05) is 5.73 Å². The summed E-state index contributed by atoms with van der Waals surface area (Å²) in [5, 5.41) is 6.59. The molecular weight excluding hydrogens is 230 g/mol. The van der Waals surface area contributed by atoms with Crippen LogP contribution in [0.2, 0.25) is 0 Å². The molecule has 0 amide bonds. The van der Waals surface area contributed by atoms with Crippen molar-refractivity contribution in [3.63, 3.8) is 0 Å². The lowest BCUT2D eigenvalue weighted by Crippen LogP contribution is -2.13. The number of rotatable bonds is 4. The Hall–Kier alpha value is -1.39. The molecule has 17 heavy (non-hydrogen) atoms. The van der Waals surface area contributed by atoms with Crippen LogP contribution in [0.4, 0.5) is 5.69 Å². The van der Waals surface area contributed by atoms with Gasteiger partial charge >= 0.3 is 0 Å². The number of anilines is 1. The Labute approximate surface area is 106 Å². The van der Waals surface area contributed by atoms with E-state index in [4.69, 9.17) is 5.73 Å². The predicted octanol–water partition coefficient (Wildman–Crippen LogP) is 2.63. The van der Waals surface area contributed by atoms with E-state index in [-0.39, 0.29) is 0 Å². The standard InChI is InChI=1S/C13H17N3S/c1-9-8-17-13(16-9)7-15-6-11-4-3-5-12(14)10(11)2/h3-5,8,15H,6-7,14H2,1-2H3. The molecule has 3 N–H and O–H groups in total. The van der Waals surface area contributed by atoms with Gasteiger partial charge < -0.3 is 11.1 Å². The van der Waals surface area contributed by atoms with E-state index in [1.54, 1.807) is 11.3 Å². The molecule has 2 aromatic rings. The molecule has 0 bridgehead atoms. The summed E-state index contributed by atoms with van der Waals surface area (Å²) < 4.78 is 0. The third kappa shape index (κ3) is 3.05. The van der Waals surface area contributed by atoms with E-state index >= 15 is 0 Å². The summed E-state index contributed by atoms with van der Waals surface area (Å²) in [6.07, 6.45) is 0. The minimum atomic E-state index is 0.812. The van der Waals surface area contributed by atoms with E-state index in [0.717, 1.165) is 35.0 Å². The van der Waals surface area contributed by atoms with Crippen molar-refractivity contribution in [3.8, 4) is 0 Å². The maximum atomic E-state index is 5.87. The van der Waals surface area contributed by atoms with Gasteiger partial charge in [-0.15, -0.1) is 11.3 Å². The lowest BCUT2D eigenvalue weighted by atomic mass is 10.1. The van der Waals surface area contributed by atoms with Gasteiger partial charge in [0.25, 0.3) is 0 Å². The van der Waals surface area contributed by atoms with E-state index in [1.165, 1.54) is 5.56 Å². The van der Waals surface area contributed by atoms with E-state index in [2.05, 4.69) is 28.7 Å². The van der Waals surface area contributed by atoms with E-state index in [1.807, 2.05) is 19.1 Å². The quantitative estimate of drug-likeness (QED) is 0.817. The molecule has 0 spiro atoms. The van der Waals surface area contributed by atoms with Crippen LogP contribution in [0.25, 0.3) is 0 Å². The average molecular weight is 247 g/mol. The van der Waals surface area contributed by atoms with Crippen molar-refractivity contribution < 1.29 is 0 Å². The zero-order chi connectivity index (χ0) is 12.3. The summed E-state index contributed by atoms with van der Waals surface area (Å²) in [4.78, 5) is 4.41. The van der Waals surface area contributed by atoms with Crippen LogP contribution in [-0.2, 0) is 13.1 Å². The number of benzene rings is 1.